The van der Waals surface area contributed by atoms with Crippen LogP contribution in [0.2, 0.25) is 0 Å². The largest absolute Gasteiger partial charge is 0.372 e. The number of rotatable bonds is 4. The van der Waals surface area contributed by atoms with Gasteiger partial charge in [0.05, 0.1) is 9.26 Å². The van der Waals surface area contributed by atoms with Gasteiger partial charge in [0.15, 0.2) is 5.82 Å². The van der Waals surface area contributed by atoms with Crippen LogP contribution in [-0.4, -0.2) is 26.8 Å². The second-order valence-electron chi connectivity index (χ2n) is 5.36. The molecule has 0 amide bonds. The van der Waals surface area contributed by atoms with E-state index in [1.54, 1.807) is 0 Å². The molecule has 0 bridgehead atoms. The van der Waals surface area contributed by atoms with E-state index < -0.39 is 0 Å². The molecule has 0 atom stereocenters. The number of anilines is 1. The minimum absolute atomic E-state index is 0.573. The Bertz CT molecular complexity index is 631. The lowest BCUT2D eigenvalue weighted by Gasteiger charge is -2.15. The Morgan fingerprint density at radius 2 is 2.10 bits per heavy atom. The molecular formula is C15H20IN5. The van der Waals surface area contributed by atoms with E-state index in [1.807, 2.05) is 24.0 Å². The molecule has 0 unspecified atom stereocenters. The Morgan fingerprint density at radius 1 is 1.33 bits per heavy atom. The zero-order valence-electron chi connectivity index (χ0n) is 12.4. The molecule has 3 rings (SSSR count). The Labute approximate surface area is 138 Å². The highest BCUT2D eigenvalue weighted by molar-refractivity contribution is 14.1. The summed E-state index contributed by atoms with van der Waals surface area (Å²) in [5, 5.41) is 7.54. The van der Waals surface area contributed by atoms with Crippen LogP contribution in [0.5, 0.6) is 0 Å². The normalized spacial score (nSPS) is 15.6. The highest BCUT2D eigenvalue weighted by Crippen LogP contribution is 2.37. The predicted octanol–water partition coefficient (Wildman–Crippen LogP) is 3.66. The van der Waals surface area contributed by atoms with Crippen LogP contribution in [0.3, 0.4) is 0 Å². The third kappa shape index (κ3) is 2.77. The third-order valence-corrected chi connectivity index (χ3v) is 5.16. The van der Waals surface area contributed by atoms with E-state index in [0.29, 0.717) is 5.92 Å². The SMILES string of the molecule is CCn1nccc1-c1nc(NC)c(I)c(C2CCCC2)n1. The van der Waals surface area contributed by atoms with Gasteiger partial charge in [0.1, 0.15) is 11.5 Å². The van der Waals surface area contributed by atoms with E-state index in [9.17, 15) is 0 Å². The summed E-state index contributed by atoms with van der Waals surface area (Å²) in [6.45, 7) is 2.91. The first-order valence-electron chi connectivity index (χ1n) is 7.52. The second-order valence-corrected chi connectivity index (χ2v) is 6.44. The van der Waals surface area contributed by atoms with Gasteiger partial charge < -0.3 is 5.32 Å². The van der Waals surface area contributed by atoms with Gasteiger partial charge in [-0.15, -0.1) is 0 Å². The Hall–Kier alpha value is -1.18. The minimum Gasteiger partial charge on any atom is -0.372 e. The summed E-state index contributed by atoms with van der Waals surface area (Å²) < 4.78 is 3.10. The highest BCUT2D eigenvalue weighted by atomic mass is 127. The molecule has 21 heavy (non-hydrogen) atoms. The van der Waals surface area contributed by atoms with Gasteiger partial charge in [0.25, 0.3) is 0 Å². The first-order chi connectivity index (χ1) is 10.2. The van der Waals surface area contributed by atoms with Crippen molar-refractivity contribution in [2.24, 2.45) is 0 Å². The molecule has 0 spiro atoms. The summed E-state index contributed by atoms with van der Waals surface area (Å²) in [5.41, 5.74) is 2.19. The molecule has 1 aliphatic carbocycles. The van der Waals surface area contributed by atoms with Gasteiger partial charge in [-0.3, -0.25) is 4.68 Å². The van der Waals surface area contributed by atoms with E-state index in [-0.39, 0.29) is 0 Å². The van der Waals surface area contributed by atoms with Crippen molar-refractivity contribution in [3.63, 3.8) is 0 Å². The zero-order chi connectivity index (χ0) is 14.8. The van der Waals surface area contributed by atoms with Crippen molar-refractivity contribution in [2.75, 3.05) is 12.4 Å². The van der Waals surface area contributed by atoms with Gasteiger partial charge in [-0.1, -0.05) is 12.8 Å². The van der Waals surface area contributed by atoms with E-state index in [0.717, 1.165) is 27.5 Å². The number of aromatic nitrogens is 4. The number of nitrogens with zero attached hydrogens (tertiary/aromatic N) is 4. The number of aryl methyl sites for hydroxylation is 1. The van der Waals surface area contributed by atoms with Crippen molar-refractivity contribution in [3.8, 4) is 11.5 Å². The topological polar surface area (TPSA) is 55.6 Å². The lowest BCUT2D eigenvalue weighted by atomic mass is 10.0. The lowest BCUT2D eigenvalue weighted by Crippen LogP contribution is -2.10. The fraction of sp³-hybridized carbons (Fsp3) is 0.533. The van der Waals surface area contributed by atoms with Crippen LogP contribution in [0.1, 0.15) is 44.2 Å². The molecule has 1 aliphatic rings. The second kappa shape index (κ2) is 6.29. The molecule has 2 heterocycles. The summed E-state index contributed by atoms with van der Waals surface area (Å²) in [7, 11) is 1.92. The van der Waals surface area contributed by atoms with Crippen molar-refractivity contribution in [1.29, 1.82) is 0 Å². The average Bonchev–Trinajstić information content (AvgIpc) is 3.18. The maximum atomic E-state index is 4.89. The van der Waals surface area contributed by atoms with Crippen molar-refractivity contribution in [2.45, 2.75) is 45.1 Å². The van der Waals surface area contributed by atoms with Gasteiger partial charge in [-0.25, -0.2) is 9.97 Å². The van der Waals surface area contributed by atoms with Crippen molar-refractivity contribution >= 4 is 28.4 Å². The first kappa shape index (κ1) is 14.7. The zero-order valence-corrected chi connectivity index (χ0v) is 14.6. The Kier molecular flexibility index (Phi) is 4.42. The first-order valence-corrected chi connectivity index (χ1v) is 8.59. The van der Waals surface area contributed by atoms with E-state index >= 15 is 0 Å². The van der Waals surface area contributed by atoms with Crippen molar-refractivity contribution in [1.82, 2.24) is 19.7 Å². The van der Waals surface area contributed by atoms with Crippen LogP contribution in [0.15, 0.2) is 12.3 Å². The number of nitrogens with one attached hydrogen (secondary N) is 1. The fourth-order valence-corrected chi connectivity index (χ4v) is 3.94. The molecule has 6 heteroatoms. The maximum Gasteiger partial charge on any atom is 0.180 e. The molecular weight excluding hydrogens is 377 g/mol. The van der Waals surface area contributed by atoms with Gasteiger partial charge in [0.2, 0.25) is 0 Å². The van der Waals surface area contributed by atoms with Crippen molar-refractivity contribution in [3.05, 3.63) is 21.5 Å². The van der Waals surface area contributed by atoms with Gasteiger partial charge in [-0.05, 0) is 48.4 Å². The quantitative estimate of drug-likeness (QED) is 0.801. The standard InChI is InChI=1S/C15H20IN5/c1-3-21-11(8-9-18-21)14-19-13(10-6-4-5-7-10)12(16)15(17-2)20-14/h8-10H,3-7H2,1-2H3,(H,17,19,20). The van der Waals surface area contributed by atoms with Gasteiger partial charge >= 0.3 is 0 Å². The molecule has 1 fully saturated rings. The third-order valence-electron chi connectivity index (χ3n) is 4.10. The summed E-state index contributed by atoms with van der Waals surface area (Å²) in [6, 6.07) is 1.99. The van der Waals surface area contributed by atoms with Crippen LogP contribution in [0, 0.1) is 3.57 Å². The van der Waals surface area contributed by atoms with E-state index in [2.05, 4.69) is 44.9 Å². The van der Waals surface area contributed by atoms with Crippen LogP contribution < -0.4 is 5.32 Å². The van der Waals surface area contributed by atoms with Crippen molar-refractivity contribution < 1.29 is 0 Å². The lowest BCUT2D eigenvalue weighted by molar-refractivity contribution is 0.658. The Morgan fingerprint density at radius 3 is 2.76 bits per heavy atom. The van der Waals surface area contributed by atoms with Gasteiger partial charge in [0, 0.05) is 25.7 Å². The minimum atomic E-state index is 0.573. The van der Waals surface area contributed by atoms with Gasteiger partial charge in [-0.2, -0.15) is 5.10 Å². The van der Waals surface area contributed by atoms with Crippen LogP contribution >= 0.6 is 22.6 Å². The molecule has 2 aromatic heterocycles. The van der Waals surface area contributed by atoms with Crippen LogP contribution in [0.4, 0.5) is 5.82 Å². The molecule has 1 saturated carbocycles. The van der Waals surface area contributed by atoms with Crippen LogP contribution in [-0.2, 0) is 6.54 Å². The number of hydrogen-bond acceptors (Lipinski definition) is 4. The number of hydrogen-bond donors (Lipinski definition) is 1. The number of halogens is 1. The van der Waals surface area contributed by atoms with E-state index in [4.69, 9.17) is 4.98 Å². The molecule has 112 valence electrons. The molecule has 0 saturated heterocycles. The molecule has 0 aliphatic heterocycles. The smallest absolute Gasteiger partial charge is 0.180 e. The summed E-state index contributed by atoms with van der Waals surface area (Å²) in [4.78, 5) is 9.58. The summed E-state index contributed by atoms with van der Waals surface area (Å²) in [5.74, 6) is 2.27. The molecule has 0 aromatic carbocycles. The Balaban J connectivity index is 2.11. The fourth-order valence-electron chi connectivity index (χ4n) is 2.99. The van der Waals surface area contributed by atoms with Crippen LogP contribution in [0.25, 0.3) is 11.5 Å². The predicted molar refractivity (Wildman–Crippen MR) is 92.4 cm³/mol. The monoisotopic (exact) mass is 397 g/mol. The summed E-state index contributed by atoms with van der Waals surface area (Å²) in [6.07, 6.45) is 6.91. The summed E-state index contributed by atoms with van der Waals surface area (Å²) >= 11 is 2.37. The molecule has 1 N–H and O–H groups in total. The molecule has 2 aromatic rings. The highest BCUT2D eigenvalue weighted by Gasteiger charge is 2.24. The average molecular weight is 397 g/mol. The molecule has 5 nitrogen and oxygen atoms in total. The maximum absolute atomic E-state index is 4.89. The van der Waals surface area contributed by atoms with E-state index in [1.165, 1.54) is 31.4 Å². The molecule has 0 radical (unpaired) electrons.